The zero-order valence-electron chi connectivity index (χ0n) is 17.0. The van der Waals surface area contributed by atoms with Crippen LogP contribution >= 0.6 is 0 Å². The van der Waals surface area contributed by atoms with Gasteiger partial charge in [0, 0.05) is 18.4 Å². The molecule has 176 valence electrons. The molecule has 0 saturated heterocycles. The highest BCUT2D eigenvalue weighted by Gasteiger charge is 2.57. The summed E-state index contributed by atoms with van der Waals surface area (Å²) in [5.41, 5.74) is 2.14. The number of fused-ring (bicyclic) bond motifs is 3. The predicted octanol–water partition coefficient (Wildman–Crippen LogP) is 2.79. The number of ether oxygens (including phenoxy) is 1. The number of rotatable bonds is 6. The van der Waals surface area contributed by atoms with Gasteiger partial charge in [0.05, 0.1) is 6.54 Å². The van der Waals surface area contributed by atoms with E-state index in [-0.39, 0.29) is 0 Å². The number of nitrogens with one attached hydrogen (secondary N) is 3. The molecule has 0 radical (unpaired) electrons. The molecule has 1 unspecified atom stereocenters. The second kappa shape index (κ2) is 9.14. The average Bonchev–Trinajstić information content (AvgIpc) is 2.87. The van der Waals surface area contributed by atoms with E-state index in [1.165, 1.54) is 5.32 Å². The quantitative estimate of drug-likeness (QED) is 0.446. The Morgan fingerprint density at radius 2 is 1.61 bits per heavy atom. The van der Waals surface area contributed by atoms with Crippen molar-refractivity contribution in [3.05, 3.63) is 54.1 Å². The Balaban J connectivity index is 1.81. The zero-order valence-corrected chi connectivity index (χ0v) is 17.0. The minimum absolute atomic E-state index is 0.382. The lowest BCUT2D eigenvalue weighted by Gasteiger charge is -2.23. The Bertz CT molecular complexity index is 1070. The largest absolute Gasteiger partial charge is 0.455 e. The number of amides is 3. The number of methoxy groups -OCH3 is 1. The van der Waals surface area contributed by atoms with Crippen molar-refractivity contribution >= 4 is 23.4 Å². The number of carbonyl (C=O) groups excluding carboxylic acids is 3. The highest BCUT2D eigenvalue weighted by molar-refractivity contribution is 6.08. The van der Waals surface area contributed by atoms with Gasteiger partial charge in [-0.05, 0) is 17.2 Å². The summed E-state index contributed by atoms with van der Waals surface area (Å²) in [7, 11) is 0.892. The van der Waals surface area contributed by atoms with Crippen molar-refractivity contribution in [2.45, 2.75) is 24.2 Å². The third-order valence-corrected chi connectivity index (χ3v) is 4.91. The highest BCUT2D eigenvalue weighted by atomic mass is 19.4. The molecule has 7 nitrogen and oxygen atoms in total. The van der Waals surface area contributed by atoms with Crippen LogP contribution in [0.15, 0.2) is 48.5 Å². The number of halogens is 5. The number of hydrogen-bond acceptors (Lipinski definition) is 4. The maximum absolute atomic E-state index is 13.1. The zero-order chi connectivity index (χ0) is 24.4. The molecule has 33 heavy (non-hydrogen) atoms. The third-order valence-electron chi connectivity index (χ3n) is 4.91. The SMILES string of the molecule is COC(C(=O)NCC(F)(F)C(F)(F)F)C(=O)N[C@@H]1C(=O)Nc2ccccc2-c2ccccc21. The summed E-state index contributed by atoms with van der Waals surface area (Å²) in [6.07, 6.45) is -7.97. The average molecular weight is 471 g/mol. The molecule has 0 bridgehead atoms. The Morgan fingerprint density at radius 1 is 1.00 bits per heavy atom. The molecule has 2 aromatic rings. The van der Waals surface area contributed by atoms with E-state index in [4.69, 9.17) is 4.74 Å². The van der Waals surface area contributed by atoms with E-state index in [1.54, 1.807) is 48.5 Å². The maximum Gasteiger partial charge on any atom is 0.455 e. The van der Waals surface area contributed by atoms with Gasteiger partial charge in [0.25, 0.3) is 17.7 Å². The monoisotopic (exact) mass is 471 g/mol. The van der Waals surface area contributed by atoms with Gasteiger partial charge >= 0.3 is 12.1 Å². The van der Waals surface area contributed by atoms with Crippen LogP contribution in [-0.2, 0) is 19.1 Å². The number of para-hydroxylation sites is 1. The first-order valence-electron chi connectivity index (χ1n) is 9.51. The summed E-state index contributed by atoms with van der Waals surface area (Å²) < 4.78 is 67.8. The lowest BCUT2D eigenvalue weighted by molar-refractivity contribution is -0.278. The van der Waals surface area contributed by atoms with Gasteiger partial charge in [-0.1, -0.05) is 42.5 Å². The first-order valence-corrected chi connectivity index (χ1v) is 9.51. The molecule has 0 aromatic heterocycles. The van der Waals surface area contributed by atoms with Gasteiger partial charge in [0.1, 0.15) is 6.04 Å². The fourth-order valence-corrected chi connectivity index (χ4v) is 3.25. The van der Waals surface area contributed by atoms with Gasteiger partial charge in [-0.3, -0.25) is 14.4 Å². The summed E-state index contributed by atoms with van der Waals surface area (Å²) >= 11 is 0. The first kappa shape index (κ1) is 24.1. The molecule has 3 N–H and O–H groups in total. The van der Waals surface area contributed by atoms with Gasteiger partial charge in [-0.15, -0.1) is 0 Å². The van der Waals surface area contributed by atoms with Crippen molar-refractivity contribution < 1.29 is 41.1 Å². The summed E-state index contributed by atoms with van der Waals surface area (Å²) in [5, 5.41) is 6.33. The van der Waals surface area contributed by atoms with E-state index in [2.05, 4.69) is 10.6 Å². The van der Waals surface area contributed by atoms with E-state index < -0.39 is 48.5 Å². The van der Waals surface area contributed by atoms with Crippen molar-refractivity contribution in [1.82, 2.24) is 10.6 Å². The van der Waals surface area contributed by atoms with Gasteiger partial charge in [-0.2, -0.15) is 22.0 Å². The van der Waals surface area contributed by atoms with Crippen molar-refractivity contribution in [3.8, 4) is 11.1 Å². The Labute approximate surface area is 184 Å². The number of carbonyl (C=O) groups is 3. The standard InChI is InChI=1S/C21H18F5N3O4/c1-33-16(18(31)27-10-20(22,23)21(24,25)26)19(32)29-15-13-8-3-2-6-11(13)12-7-4-5-9-14(12)28-17(15)30/h2-9,15-16H,10H2,1H3,(H,27,31)(H,28,30)(H,29,32)/t15-,16?/m0/s1. The van der Waals surface area contributed by atoms with Crippen molar-refractivity contribution in [3.63, 3.8) is 0 Å². The van der Waals surface area contributed by atoms with Crippen molar-refractivity contribution in [1.29, 1.82) is 0 Å². The van der Waals surface area contributed by atoms with Crippen LogP contribution in [0, 0.1) is 0 Å². The van der Waals surface area contributed by atoms with Crippen molar-refractivity contribution in [2.24, 2.45) is 0 Å². The lowest BCUT2D eigenvalue weighted by atomic mass is 9.95. The third kappa shape index (κ3) is 4.95. The van der Waals surface area contributed by atoms with Crippen LogP contribution < -0.4 is 16.0 Å². The molecule has 0 aliphatic carbocycles. The molecule has 2 atom stereocenters. The normalized spacial score (nSPS) is 16.5. The lowest BCUT2D eigenvalue weighted by Crippen LogP contribution is -2.53. The highest BCUT2D eigenvalue weighted by Crippen LogP contribution is 2.37. The number of benzene rings is 2. The molecule has 3 amide bonds. The van der Waals surface area contributed by atoms with Crippen molar-refractivity contribution in [2.75, 3.05) is 19.0 Å². The topological polar surface area (TPSA) is 96.5 Å². The first-order chi connectivity index (χ1) is 15.5. The van der Waals surface area contributed by atoms with E-state index in [0.717, 1.165) is 7.11 Å². The van der Waals surface area contributed by atoms with Crippen LogP contribution in [0.2, 0.25) is 0 Å². The Hall–Kier alpha value is -3.54. The predicted molar refractivity (Wildman–Crippen MR) is 106 cm³/mol. The van der Waals surface area contributed by atoms with E-state index in [1.807, 2.05) is 0 Å². The molecule has 12 heteroatoms. The number of anilines is 1. The fraction of sp³-hybridized carbons (Fsp3) is 0.286. The maximum atomic E-state index is 13.1. The van der Waals surface area contributed by atoms with E-state index in [0.29, 0.717) is 22.4 Å². The summed E-state index contributed by atoms with van der Waals surface area (Å²) in [5.74, 6) is -8.58. The molecule has 2 aromatic carbocycles. The van der Waals surface area contributed by atoms with E-state index >= 15 is 0 Å². The summed E-state index contributed by atoms with van der Waals surface area (Å²) in [6.45, 7) is -2.08. The molecule has 0 spiro atoms. The van der Waals surface area contributed by atoms with Gasteiger partial charge in [0.2, 0.25) is 6.10 Å². The summed E-state index contributed by atoms with van der Waals surface area (Å²) in [4.78, 5) is 37.6. The fourth-order valence-electron chi connectivity index (χ4n) is 3.25. The van der Waals surface area contributed by atoms with Crippen LogP contribution in [0.1, 0.15) is 11.6 Å². The van der Waals surface area contributed by atoms with Crippen LogP contribution in [0.3, 0.4) is 0 Å². The summed E-state index contributed by atoms with van der Waals surface area (Å²) in [6, 6.07) is 12.2. The molecule has 1 heterocycles. The van der Waals surface area contributed by atoms with Gasteiger partial charge in [-0.25, -0.2) is 0 Å². The van der Waals surface area contributed by atoms with E-state index in [9.17, 15) is 36.3 Å². The molecular formula is C21H18F5N3O4. The van der Waals surface area contributed by atoms with Crippen LogP contribution in [0.5, 0.6) is 0 Å². The minimum Gasteiger partial charge on any atom is -0.362 e. The molecule has 1 aliphatic heterocycles. The molecule has 0 fully saturated rings. The minimum atomic E-state index is -5.89. The van der Waals surface area contributed by atoms with Crippen LogP contribution in [0.25, 0.3) is 11.1 Å². The second-order valence-corrected chi connectivity index (χ2v) is 7.10. The molecule has 1 aliphatic rings. The second-order valence-electron chi connectivity index (χ2n) is 7.10. The molecule has 0 saturated carbocycles. The number of alkyl halides is 5. The van der Waals surface area contributed by atoms with Gasteiger partial charge in [0.15, 0.2) is 0 Å². The molecular weight excluding hydrogens is 453 g/mol. The number of hydrogen-bond donors (Lipinski definition) is 3. The Morgan fingerprint density at radius 3 is 2.24 bits per heavy atom. The van der Waals surface area contributed by atoms with Crippen LogP contribution in [0.4, 0.5) is 27.6 Å². The molecule has 3 rings (SSSR count). The Kier molecular flexibility index (Phi) is 6.68. The van der Waals surface area contributed by atoms with Crippen LogP contribution in [-0.4, -0.2) is 49.6 Å². The van der Waals surface area contributed by atoms with Gasteiger partial charge < -0.3 is 20.7 Å². The smallest absolute Gasteiger partial charge is 0.362 e.